The zero-order chi connectivity index (χ0) is 33.0. The van der Waals surface area contributed by atoms with Crippen molar-refractivity contribution in [3.8, 4) is 11.5 Å². The molecule has 0 fully saturated rings. The van der Waals surface area contributed by atoms with Crippen molar-refractivity contribution in [2.24, 2.45) is 0 Å². The zero-order valence-corrected chi connectivity index (χ0v) is 26.4. The molecule has 4 bridgehead atoms. The van der Waals surface area contributed by atoms with Gasteiger partial charge in [-0.3, -0.25) is 19.2 Å². The predicted octanol–water partition coefficient (Wildman–Crippen LogP) is 4.39. The fraction of sp³-hybridized carbons (Fsp3) is 0.263. The molecule has 1 aliphatic rings. The molecule has 0 spiro atoms. The first-order valence-corrected chi connectivity index (χ1v) is 16.0. The highest BCUT2D eigenvalue weighted by atomic mass is 16.5. The second-order valence-corrected chi connectivity index (χ2v) is 11.6. The van der Waals surface area contributed by atoms with Crippen molar-refractivity contribution in [2.45, 2.75) is 63.7 Å². The maximum Gasteiger partial charge on any atom is 0.243 e. The Bertz CT molecular complexity index is 1680. The largest absolute Gasteiger partial charge is 0.457 e. The highest BCUT2D eigenvalue weighted by molar-refractivity contribution is 5.94. The molecule has 47 heavy (non-hydrogen) atoms. The van der Waals surface area contributed by atoms with Gasteiger partial charge in [-0.1, -0.05) is 91.9 Å². The molecule has 0 aromatic heterocycles. The monoisotopic (exact) mass is 632 g/mol. The molecule has 1 aliphatic heterocycles. The molecule has 3 atom stereocenters. The van der Waals surface area contributed by atoms with Crippen LogP contribution >= 0.6 is 0 Å². The topological polar surface area (TPSA) is 126 Å². The van der Waals surface area contributed by atoms with Crippen LogP contribution < -0.4 is 26.0 Å². The summed E-state index contributed by atoms with van der Waals surface area (Å²) in [6.45, 7) is 2.00. The van der Waals surface area contributed by atoms with E-state index >= 15 is 0 Å². The van der Waals surface area contributed by atoms with Crippen LogP contribution in [0.2, 0.25) is 0 Å². The van der Waals surface area contributed by atoms with Crippen LogP contribution in [0.25, 0.3) is 0 Å². The van der Waals surface area contributed by atoms with Gasteiger partial charge in [0.05, 0.1) is 0 Å². The number of carbonyl (C=O) groups excluding carboxylic acids is 4. The zero-order valence-electron chi connectivity index (χ0n) is 26.4. The number of amides is 4. The molecular formula is C38H40N4O5. The molecule has 0 unspecified atom stereocenters. The number of hydrogen-bond acceptors (Lipinski definition) is 5. The maximum atomic E-state index is 14.0. The van der Waals surface area contributed by atoms with Crippen molar-refractivity contribution in [1.29, 1.82) is 0 Å². The van der Waals surface area contributed by atoms with Gasteiger partial charge >= 0.3 is 0 Å². The van der Waals surface area contributed by atoms with Gasteiger partial charge in [0.15, 0.2) is 0 Å². The van der Waals surface area contributed by atoms with Crippen LogP contribution in [0.15, 0.2) is 109 Å². The predicted molar refractivity (Wildman–Crippen MR) is 180 cm³/mol. The molecule has 0 radical (unpaired) electrons. The van der Waals surface area contributed by atoms with E-state index in [0.717, 1.165) is 22.3 Å². The van der Waals surface area contributed by atoms with E-state index in [1.165, 1.54) is 0 Å². The quantitative estimate of drug-likeness (QED) is 0.229. The van der Waals surface area contributed by atoms with Gasteiger partial charge in [-0.25, -0.2) is 0 Å². The van der Waals surface area contributed by atoms with Crippen molar-refractivity contribution in [3.05, 3.63) is 131 Å². The van der Waals surface area contributed by atoms with E-state index in [2.05, 4.69) is 21.3 Å². The summed E-state index contributed by atoms with van der Waals surface area (Å²) in [6, 6.07) is 31.1. The van der Waals surface area contributed by atoms with Crippen LogP contribution in [-0.4, -0.2) is 41.8 Å². The second-order valence-electron chi connectivity index (χ2n) is 11.6. The van der Waals surface area contributed by atoms with Gasteiger partial charge in [0.1, 0.15) is 29.6 Å². The van der Waals surface area contributed by atoms with Gasteiger partial charge in [0.25, 0.3) is 0 Å². The lowest BCUT2D eigenvalue weighted by molar-refractivity contribution is -0.133. The van der Waals surface area contributed by atoms with Crippen molar-refractivity contribution in [2.75, 3.05) is 0 Å². The first-order valence-electron chi connectivity index (χ1n) is 16.0. The molecule has 0 saturated carbocycles. The van der Waals surface area contributed by atoms with Gasteiger partial charge in [-0.05, 0) is 59.4 Å². The van der Waals surface area contributed by atoms with Crippen molar-refractivity contribution < 1.29 is 23.9 Å². The number of nitrogens with one attached hydrogen (secondary N) is 4. The molecule has 9 heteroatoms. The number of benzene rings is 4. The molecule has 0 saturated heterocycles. The maximum absolute atomic E-state index is 14.0. The van der Waals surface area contributed by atoms with E-state index in [1.807, 2.05) is 109 Å². The lowest BCUT2D eigenvalue weighted by Crippen LogP contribution is -2.57. The average Bonchev–Trinajstić information content (AvgIpc) is 3.09. The summed E-state index contributed by atoms with van der Waals surface area (Å²) in [6.07, 6.45) is 1.37. The fourth-order valence-corrected chi connectivity index (χ4v) is 5.47. The smallest absolute Gasteiger partial charge is 0.243 e. The molecular weight excluding hydrogens is 592 g/mol. The summed E-state index contributed by atoms with van der Waals surface area (Å²) in [5.41, 5.74) is 3.50. The van der Waals surface area contributed by atoms with Crippen LogP contribution in [0.3, 0.4) is 0 Å². The van der Waals surface area contributed by atoms with Crippen LogP contribution in [0.5, 0.6) is 11.5 Å². The molecule has 242 valence electrons. The normalized spacial score (nSPS) is 18.2. The summed E-state index contributed by atoms with van der Waals surface area (Å²) in [7, 11) is 0. The van der Waals surface area contributed by atoms with Gasteiger partial charge < -0.3 is 26.0 Å². The molecule has 4 N–H and O–H groups in total. The summed E-state index contributed by atoms with van der Waals surface area (Å²) >= 11 is 0. The van der Waals surface area contributed by atoms with Gasteiger partial charge in [-0.2, -0.15) is 0 Å². The lowest BCUT2D eigenvalue weighted by Gasteiger charge is -2.26. The molecule has 1 heterocycles. The van der Waals surface area contributed by atoms with Gasteiger partial charge in [0.2, 0.25) is 23.6 Å². The Morgan fingerprint density at radius 3 is 2.00 bits per heavy atom. The third-order valence-corrected chi connectivity index (χ3v) is 8.03. The molecule has 9 nitrogen and oxygen atoms in total. The Morgan fingerprint density at radius 2 is 1.36 bits per heavy atom. The summed E-state index contributed by atoms with van der Waals surface area (Å²) in [4.78, 5) is 54.0. The average molecular weight is 633 g/mol. The Morgan fingerprint density at radius 1 is 0.745 bits per heavy atom. The van der Waals surface area contributed by atoms with E-state index in [9.17, 15) is 19.2 Å². The first kappa shape index (κ1) is 32.9. The lowest BCUT2D eigenvalue weighted by atomic mass is 10.0. The van der Waals surface area contributed by atoms with Gasteiger partial charge in [-0.15, -0.1) is 0 Å². The molecule has 0 aliphatic carbocycles. The minimum absolute atomic E-state index is 0.187. The third-order valence-electron chi connectivity index (χ3n) is 8.03. The highest BCUT2D eigenvalue weighted by Gasteiger charge is 2.30. The Kier molecular flexibility index (Phi) is 11.4. The van der Waals surface area contributed by atoms with E-state index in [1.54, 1.807) is 6.92 Å². The standard InChI is InChI=1S/C38H40N4O5/c1-2-35(43)40-34-24-29-16-10-18-31(22-29)47-30-17-9-15-28(21-30)23-33(36(44)39-25-27-13-7-4-8-14-27)42-37(45)32(41-38(34)46)20-19-26-11-5-3-6-12-26/h3-18,21-22,32-34H,2,19-20,23-25H2,1H3,(H,39,44)(H,40,43)(H,41,46)(H,42,45)/t32-,33-,34-/m0/s1. The number of hydrogen-bond donors (Lipinski definition) is 4. The van der Waals surface area contributed by atoms with E-state index in [-0.39, 0.29) is 37.5 Å². The minimum Gasteiger partial charge on any atom is -0.457 e. The summed E-state index contributed by atoms with van der Waals surface area (Å²) < 4.78 is 6.16. The molecule has 5 rings (SSSR count). The summed E-state index contributed by atoms with van der Waals surface area (Å²) in [5.74, 6) is -0.493. The second kappa shape index (κ2) is 16.2. The Balaban J connectivity index is 1.48. The third kappa shape index (κ3) is 9.77. The minimum atomic E-state index is -0.970. The van der Waals surface area contributed by atoms with Gasteiger partial charge in [0, 0.05) is 25.8 Å². The SMILES string of the molecule is CCC(=O)N[C@H]1Cc2cccc(c2)Oc2cccc(c2)C[C@@H](C(=O)NCc2ccccc2)NC(=O)[C@H](CCc2ccccc2)NC1=O. The van der Waals surface area contributed by atoms with E-state index < -0.39 is 29.9 Å². The van der Waals surface area contributed by atoms with Crippen molar-refractivity contribution >= 4 is 23.6 Å². The Hall–Kier alpha value is -5.44. The molecule has 4 aromatic rings. The number of fused-ring (bicyclic) bond motifs is 4. The number of carbonyl (C=O) groups is 4. The molecule has 4 aromatic carbocycles. The Labute approximate surface area is 275 Å². The summed E-state index contributed by atoms with van der Waals surface area (Å²) in [5, 5.41) is 11.6. The van der Waals surface area contributed by atoms with Crippen molar-refractivity contribution in [1.82, 2.24) is 21.3 Å². The van der Waals surface area contributed by atoms with E-state index in [4.69, 9.17) is 4.74 Å². The van der Waals surface area contributed by atoms with Crippen LogP contribution in [-0.2, 0) is 45.0 Å². The molecule has 4 amide bonds. The van der Waals surface area contributed by atoms with Crippen molar-refractivity contribution in [3.63, 3.8) is 0 Å². The number of aryl methyl sites for hydroxylation is 1. The van der Waals surface area contributed by atoms with Crippen LogP contribution in [0, 0.1) is 0 Å². The number of ether oxygens (including phenoxy) is 1. The van der Waals surface area contributed by atoms with Crippen LogP contribution in [0.4, 0.5) is 0 Å². The number of rotatable bonds is 8. The van der Waals surface area contributed by atoms with E-state index in [0.29, 0.717) is 24.5 Å². The first-order chi connectivity index (χ1) is 22.9. The highest BCUT2D eigenvalue weighted by Crippen LogP contribution is 2.25. The van der Waals surface area contributed by atoms with Crippen LogP contribution in [0.1, 0.15) is 42.0 Å². The fourth-order valence-electron chi connectivity index (χ4n) is 5.47.